The van der Waals surface area contributed by atoms with E-state index in [4.69, 9.17) is 5.73 Å². The third-order valence-electron chi connectivity index (χ3n) is 4.67. The molecule has 0 aliphatic rings. The zero-order valence-corrected chi connectivity index (χ0v) is 15.7. The Morgan fingerprint density at radius 1 is 1.21 bits per heavy atom. The number of esters is 1. The van der Waals surface area contributed by atoms with Crippen molar-refractivity contribution in [3.63, 3.8) is 0 Å². The van der Waals surface area contributed by atoms with Crippen LogP contribution in [0.4, 0.5) is 0 Å². The number of hydrogen-bond acceptors (Lipinski definition) is 6. The first-order valence-electron chi connectivity index (χ1n) is 8.67. The van der Waals surface area contributed by atoms with Crippen LogP contribution < -0.4 is 16.9 Å². The highest BCUT2D eigenvalue weighted by molar-refractivity contribution is 5.92. The van der Waals surface area contributed by atoms with E-state index in [0.29, 0.717) is 10.9 Å². The van der Waals surface area contributed by atoms with Crippen LogP contribution in [0.1, 0.15) is 39.4 Å². The zero-order chi connectivity index (χ0) is 21.3. The molecule has 0 unspecified atom stereocenters. The minimum absolute atomic E-state index is 0.0583. The molecular weight excluding hydrogens is 378 g/mol. The maximum absolute atomic E-state index is 12.7. The number of hydrogen-bond donors (Lipinski definition) is 4. The average Bonchev–Trinajstić information content (AvgIpc) is 2.66. The maximum Gasteiger partial charge on any atom is 0.343 e. The van der Waals surface area contributed by atoms with Gasteiger partial charge in [-0.2, -0.15) is 0 Å². The Morgan fingerprint density at radius 2 is 1.93 bits per heavy atom. The number of primary amides is 1. The molecular formula is C20H19N3O6. The molecule has 2 aromatic heterocycles. The molecule has 0 aliphatic heterocycles. The van der Waals surface area contributed by atoms with Gasteiger partial charge >= 0.3 is 5.97 Å². The van der Waals surface area contributed by atoms with Gasteiger partial charge in [-0.15, -0.1) is 0 Å². The van der Waals surface area contributed by atoms with Gasteiger partial charge in [-0.1, -0.05) is 12.1 Å². The fourth-order valence-corrected chi connectivity index (χ4v) is 3.28. The number of ether oxygens (including phenoxy) is 1. The Balaban J connectivity index is 2.30. The van der Waals surface area contributed by atoms with Crippen molar-refractivity contribution < 1.29 is 19.4 Å². The molecule has 3 aromatic rings. The van der Waals surface area contributed by atoms with Crippen LogP contribution in [0.25, 0.3) is 10.9 Å². The molecule has 1 amide bonds. The summed E-state index contributed by atoms with van der Waals surface area (Å²) in [5, 5.41) is 11.2. The molecule has 29 heavy (non-hydrogen) atoms. The van der Waals surface area contributed by atoms with Gasteiger partial charge in [0.25, 0.3) is 11.1 Å². The number of aromatic nitrogens is 2. The average molecular weight is 397 g/mol. The van der Waals surface area contributed by atoms with E-state index in [2.05, 4.69) is 14.7 Å². The number of H-pyrrole nitrogens is 2. The van der Waals surface area contributed by atoms with Gasteiger partial charge in [-0.05, 0) is 30.0 Å². The maximum atomic E-state index is 12.7. The van der Waals surface area contributed by atoms with Gasteiger partial charge in [0.15, 0.2) is 0 Å². The highest BCUT2D eigenvalue weighted by Crippen LogP contribution is 2.32. The number of aromatic hydroxyl groups is 1. The number of pyridine rings is 2. The number of amides is 1. The Hall–Kier alpha value is -3.88. The van der Waals surface area contributed by atoms with Crippen molar-refractivity contribution in [3.8, 4) is 5.75 Å². The number of nitrogens with one attached hydrogen (secondary N) is 2. The van der Waals surface area contributed by atoms with E-state index in [1.165, 1.54) is 6.07 Å². The summed E-state index contributed by atoms with van der Waals surface area (Å²) in [4.78, 5) is 53.9. The molecule has 9 nitrogen and oxygen atoms in total. The van der Waals surface area contributed by atoms with E-state index >= 15 is 0 Å². The van der Waals surface area contributed by atoms with Crippen molar-refractivity contribution >= 4 is 22.8 Å². The third kappa shape index (κ3) is 3.75. The van der Waals surface area contributed by atoms with E-state index in [1.54, 1.807) is 12.1 Å². The van der Waals surface area contributed by atoms with Crippen molar-refractivity contribution in [1.29, 1.82) is 0 Å². The summed E-state index contributed by atoms with van der Waals surface area (Å²) in [6, 6.07) is 6.94. The van der Waals surface area contributed by atoms with Gasteiger partial charge in [0.05, 0.1) is 12.7 Å². The number of aromatic amines is 2. The van der Waals surface area contributed by atoms with Crippen LogP contribution in [0, 0.1) is 6.92 Å². The van der Waals surface area contributed by atoms with E-state index < -0.39 is 41.1 Å². The van der Waals surface area contributed by atoms with E-state index in [0.717, 1.165) is 18.9 Å². The lowest BCUT2D eigenvalue weighted by molar-refractivity contribution is -0.118. The summed E-state index contributed by atoms with van der Waals surface area (Å²) in [7, 11) is 1.11. The van der Waals surface area contributed by atoms with Crippen LogP contribution in [0.3, 0.4) is 0 Å². The highest BCUT2D eigenvalue weighted by Gasteiger charge is 2.29. The van der Waals surface area contributed by atoms with Crippen LogP contribution >= 0.6 is 0 Å². The summed E-state index contributed by atoms with van der Waals surface area (Å²) in [6.07, 6.45) is 0.573. The third-order valence-corrected chi connectivity index (χ3v) is 4.67. The Kier molecular flexibility index (Phi) is 5.22. The Morgan fingerprint density at radius 3 is 2.59 bits per heavy atom. The standard InChI is InChI=1S/C20H19N3O6/c1-9-3-4-10-6-12(18(26)23-14(10)5-9)11(7-15(21)24)16-17(25)13(20(28)29-2)8-22-19(16)27/h3-6,8,11H,7H2,1-2H3,(H2,21,24)(H,23,26)(H2,22,25,27)/t11-/m0/s1. The molecule has 150 valence electrons. The molecule has 0 radical (unpaired) electrons. The van der Waals surface area contributed by atoms with E-state index in [-0.39, 0.29) is 16.7 Å². The molecule has 5 N–H and O–H groups in total. The first-order chi connectivity index (χ1) is 13.7. The summed E-state index contributed by atoms with van der Waals surface area (Å²) < 4.78 is 4.59. The van der Waals surface area contributed by atoms with Crippen molar-refractivity contribution in [2.45, 2.75) is 19.3 Å². The fraction of sp³-hybridized carbons (Fsp3) is 0.200. The molecule has 1 atom stereocenters. The number of methoxy groups -OCH3 is 1. The summed E-state index contributed by atoms with van der Waals surface area (Å²) in [5.74, 6) is -3.52. The second kappa shape index (κ2) is 7.63. The lowest BCUT2D eigenvalue weighted by Crippen LogP contribution is -2.27. The zero-order valence-electron chi connectivity index (χ0n) is 15.7. The van der Waals surface area contributed by atoms with Crippen LogP contribution in [0.15, 0.2) is 40.1 Å². The minimum atomic E-state index is -1.17. The van der Waals surface area contributed by atoms with E-state index in [9.17, 15) is 24.3 Å². The molecule has 0 spiro atoms. The van der Waals surface area contributed by atoms with Crippen LogP contribution in [-0.4, -0.2) is 34.1 Å². The number of carbonyl (C=O) groups excluding carboxylic acids is 2. The first kappa shape index (κ1) is 19.9. The van der Waals surface area contributed by atoms with Crippen LogP contribution in [0.2, 0.25) is 0 Å². The number of rotatable bonds is 5. The van der Waals surface area contributed by atoms with Gasteiger partial charge in [0, 0.05) is 29.6 Å². The largest absolute Gasteiger partial charge is 0.506 e. The molecule has 9 heteroatoms. The van der Waals surface area contributed by atoms with Crippen LogP contribution in [0.5, 0.6) is 5.75 Å². The Labute approximate surface area is 164 Å². The first-order valence-corrected chi connectivity index (χ1v) is 8.67. The molecule has 1 aromatic carbocycles. The summed E-state index contributed by atoms with van der Waals surface area (Å²) >= 11 is 0. The van der Waals surface area contributed by atoms with Crippen molar-refractivity contribution in [2.75, 3.05) is 7.11 Å². The van der Waals surface area contributed by atoms with Crippen molar-refractivity contribution in [1.82, 2.24) is 9.97 Å². The highest BCUT2D eigenvalue weighted by atomic mass is 16.5. The molecule has 0 saturated carbocycles. The number of nitrogens with two attached hydrogens (primary N) is 1. The van der Waals surface area contributed by atoms with Crippen molar-refractivity contribution in [2.24, 2.45) is 5.73 Å². The molecule has 0 fully saturated rings. The number of fused-ring (bicyclic) bond motifs is 1. The van der Waals surface area contributed by atoms with Gasteiger partial charge in [0.2, 0.25) is 5.91 Å². The normalized spacial score (nSPS) is 11.9. The second-order valence-corrected chi connectivity index (χ2v) is 6.65. The fourth-order valence-electron chi connectivity index (χ4n) is 3.28. The SMILES string of the molecule is COC(=O)c1c[nH]c(=O)c([C@@H](CC(N)=O)c2cc3ccc(C)cc3[nH]c2=O)c1O. The number of aryl methyl sites for hydroxylation is 1. The molecule has 0 saturated heterocycles. The quantitative estimate of drug-likeness (QED) is 0.471. The van der Waals surface area contributed by atoms with Gasteiger partial charge < -0.3 is 25.5 Å². The smallest absolute Gasteiger partial charge is 0.343 e. The summed E-state index contributed by atoms with van der Waals surface area (Å²) in [6.45, 7) is 1.87. The second-order valence-electron chi connectivity index (χ2n) is 6.65. The lowest BCUT2D eigenvalue weighted by atomic mass is 9.87. The monoisotopic (exact) mass is 397 g/mol. The molecule has 0 bridgehead atoms. The predicted octanol–water partition coefficient (Wildman–Crippen LogP) is 1.02. The van der Waals surface area contributed by atoms with Crippen LogP contribution in [-0.2, 0) is 9.53 Å². The van der Waals surface area contributed by atoms with E-state index in [1.807, 2.05) is 13.0 Å². The number of benzene rings is 1. The topological polar surface area (TPSA) is 155 Å². The van der Waals surface area contributed by atoms with Crippen molar-refractivity contribution in [3.05, 3.63) is 73.4 Å². The minimum Gasteiger partial charge on any atom is -0.506 e. The van der Waals surface area contributed by atoms with Gasteiger partial charge in [0.1, 0.15) is 11.3 Å². The predicted molar refractivity (Wildman–Crippen MR) is 105 cm³/mol. The molecule has 3 rings (SSSR count). The molecule has 2 heterocycles. The van der Waals surface area contributed by atoms with Gasteiger partial charge in [-0.3, -0.25) is 14.4 Å². The van der Waals surface area contributed by atoms with Gasteiger partial charge in [-0.25, -0.2) is 4.79 Å². The number of carbonyl (C=O) groups is 2. The molecule has 0 aliphatic carbocycles. The summed E-state index contributed by atoms with van der Waals surface area (Å²) in [5.41, 5.74) is 5.00. The Bertz CT molecular complexity index is 1240. The lowest BCUT2D eigenvalue weighted by Gasteiger charge is -2.18.